The molecule has 1 N–H and O–H groups in total. The fourth-order valence-electron chi connectivity index (χ4n) is 4.33. The number of rotatable bonds is 6. The van der Waals surface area contributed by atoms with Crippen molar-refractivity contribution in [1.29, 1.82) is 0 Å². The molecular weight excluding hydrogens is 466 g/mol. The van der Waals surface area contributed by atoms with Gasteiger partial charge in [0.25, 0.3) is 0 Å². The SMILES string of the molecule is Cc1ccccc1N1CCN(c2nccn3c(=O)n(CC(=O)NCc4ccc(Cl)cc4)nc23)CC1. The maximum atomic E-state index is 12.9. The quantitative estimate of drug-likeness (QED) is 0.446. The highest BCUT2D eigenvalue weighted by atomic mass is 35.5. The van der Waals surface area contributed by atoms with E-state index in [2.05, 4.69) is 50.3 Å². The fourth-order valence-corrected chi connectivity index (χ4v) is 4.46. The van der Waals surface area contributed by atoms with Crippen LogP contribution in [0.3, 0.4) is 0 Å². The lowest BCUT2D eigenvalue weighted by Gasteiger charge is -2.37. The van der Waals surface area contributed by atoms with E-state index in [1.54, 1.807) is 24.5 Å². The molecular formula is C25H26ClN7O2. The van der Waals surface area contributed by atoms with Gasteiger partial charge in [-0.15, -0.1) is 5.10 Å². The van der Waals surface area contributed by atoms with Crippen LogP contribution >= 0.6 is 11.6 Å². The highest BCUT2D eigenvalue weighted by Crippen LogP contribution is 2.23. The molecule has 4 aromatic rings. The molecule has 0 spiro atoms. The van der Waals surface area contributed by atoms with Crippen molar-refractivity contribution in [2.24, 2.45) is 0 Å². The smallest absolute Gasteiger partial charge is 0.350 e. The second-order valence-electron chi connectivity index (χ2n) is 8.55. The van der Waals surface area contributed by atoms with Crippen LogP contribution in [-0.2, 0) is 17.9 Å². The van der Waals surface area contributed by atoms with Crippen molar-refractivity contribution >= 4 is 34.7 Å². The number of benzene rings is 2. The maximum absolute atomic E-state index is 12.9. The average molecular weight is 492 g/mol. The molecule has 2 aromatic carbocycles. The summed E-state index contributed by atoms with van der Waals surface area (Å²) in [5.41, 5.74) is 3.49. The van der Waals surface area contributed by atoms with Crippen LogP contribution in [0.25, 0.3) is 5.65 Å². The molecule has 3 heterocycles. The first-order valence-corrected chi connectivity index (χ1v) is 11.9. The summed E-state index contributed by atoms with van der Waals surface area (Å²) < 4.78 is 2.63. The Morgan fingerprint density at radius 1 is 1.03 bits per heavy atom. The largest absolute Gasteiger partial charge is 0.368 e. The number of para-hydroxylation sites is 1. The van der Waals surface area contributed by atoms with Gasteiger partial charge in [-0.2, -0.15) is 0 Å². The number of carbonyl (C=O) groups excluding carboxylic acids is 1. The minimum absolute atomic E-state index is 0.172. The number of fused-ring (bicyclic) bond motifs is 1. The Kier molecular flexibility index (Phi) is 6.41. The molecule has 35 heavy (non-hydrogen) atoms. The number of hydrogen-bond donors (Lipinski definition) is 1. The molecule has 10 heteroatoms. The molecule has 1 amide bonds. The van der Waals surface area contributed by atoms with Gasteiger partial charge in [0.1, 0.15) is 6.54 Å². The van der Waals surface area contributed by atoms with E-state index in [0.29, 0.717) is 23.0 Å². The third-order valence-corrected chi connectivity index (χ3v) is 6.47. The molecule has 2 aromatic heterocycles. The van der Waals surface area contributed by atoms with Crippen LogP contribution in [0.1, 0.15) is 11.1 Å². The van der Waals surface area contributed by atoms with Crippen LogP contribution in [0.5, 0.6) is 0 Å². The highest BCUT2D eigenvalue weighted by molar-refractivity contribution is 6.30. The second-order valence-corrected chi connectivity index (χ2v) is 8.98. The summed E-state index contributed by atoms with van der Waals surface area (Å²) in [6.45, 7) is 5.48. The zero-order valence-electron chi connectivity index (χ0n) is 19.4. The number of amides is 1. The van der Waals surface area contributed by atoms with E-state index in [0.717, 1.165) is 31.7 Å². The van der Waals surface area contributed by atoms with Crippen LogP contribution in [0.2, 0.25) is 5.02 Å². The standard InChI is InChI=1S/C25H26ClN7O2/c1-18-4-2-3-5-21(18)30-12-14-31(15-13-30)23-24-29-33(25(35)32(24)11-10-27-23)17-22(34)28-16-19-6-8-20(26)9-7-19/h2-11H,12-17H2,1H3,(H,28,34). The van der Waals surface area contributed by atoms with Crippen LogP contribution in [0.15, 0.2) is 65.7 Å². The van der Waals surface area contributed by atoms with Gasteiger partial charge in [0.05, 0.1) is 0 Å². The first-order valence-electron chi connectivity index (χ1n) is 11.5. The Morgan fingerprint density at radius 3 is 2.49 bits per heavy atom. The van der Waals surface area contributed by atoms with E-state index >= 15 is 0 Å². The van der Waals surface area contributed by atoms with E-state index in [9.17, 15) is 9.59 Å². The number of carbonyl (C=O) groups is 1. The minimum Gasteiger partial charge on any atom is -0.368 e. The summed E-state index contributed by atoms with van der Waals surface area (Å²) in [4.78, 5) is 34.4. The molecule has 1 saturated heterocycles. The zero-order valence-corrected chi connectivity index (χ0v) is 20.1. The summed E-state index contributed by atoms with van der Waals surface area (Å²) in [5, 5.41) is 7.91. The van der Waals surface area contributed by atoms with Gasteiger partial charge in [-0.05, 0) is 36.2 Å². The molecule has 5 rings (SSSR count). The van der Waals surface area contributed by atoms with Crippen molar-refractivity contribution < 1.29 is 4.79 Å². The normalized spacial score (nSPS) is 13.9. The third kappa shape index (κ3) is 4.85. The molecule has 1 fully saturated rings. The van der Waals surface area contributed by atoms with E-state index in [1.165, 1.54) is 20.3 Å². The first-order chi connectivity index (χ1) is 17.0. The summed E-state index contributed by atoms with van der Waals surface area (Å²) in [6.07, 6.45) is 3.18. The van der Waals surface area contributed by atoms with Gasteiger partial charge >= 0.3 is 5.69 Å². The van der Waals surface area contributed by atoms with E-state index in [4.69, 9.17) is 11.6 Å². The van der Waals surface area contributed by atoms with Gasteiger partial charge in [-0.25, -0.2) is 18.9 Å². The van der Waals surface area contributed by atoms with Crippen LogP contribution < -0.4 is 20.8 Å². The lowest BCUT2D eigenvalue weighted by Crippen LogP contribution is -2.47. The number of nitrogens with zero attached hydrogens (tertiary/aromatic N) is 6. The van der Waals surface area contributed by atoms with Gasteiger partial charge in [0.15, 0.2) is 5.82 Å². The van der Waals surface area contributed by atoms with Gasteiger partial charge in [0, 0.05) is 55.8 Å². The van der Waals surface area contributed by atoms with Gasteiger partial charge in [0.2, 0.25) is 11.6 Å². The van der Waals surface area contributed by atoms with Crippen molar-refractivity contribution in [1.82, 2.24) is 24.5 Å². The van der Waals surface area contributed by atoms with Gasteiger partial charge in [-0.1, -0.05) is 41.9 Å². The topological polar surface area (TPSA) is 87.8 Å². The molecule has 0 aliphatic carbocycles. The molecule has 9 nitrogen and oxygen atoms in total. The first kappa shape index (κ1) is 22.9. The number of aromatic nitrogens is 4. The fraction of sp³-hybridized carbons (Fsp3) is 0.280. The van der Waals surface area contributed by atoms with Gasteiger partial charge < -0.3 is 15.1 Å². The van der Waals surface area contributed by atoms with Crippen molar-refractivity contribution in [3.8, 4) is 0 Å². The Balaban J connectivity index is 1.29. The number of nitrogens with one attached hydrogen (secondary N) is 1. The predicted molar refractivity (Wildman–Crippen MR) is 136 cm³/mol. The summed E-state index contributed by atoms with van der Waals surface area (Å²) >= 11 is 5.90. The lowest BCUT2D eigenvalue weighted by atomic mass is 10.1. The zero-order chi connectivity index (χ0) is 24.4. The lowest BCUT2D eigenvalue weighted by molar-refractivity contribution is -0.122. The molecule has 1 aliphatic rings. The number of anilines is 2. The molecule has 1 aliphatic heterocycles. The second kappa shape index (κ2) is 9.79. The molecule has 0 bridgehead atoms. The number of aryl methyl sites for hydroxylation is 1. The Labute approximate surface area is 207 Å². The maximum Gasteiger partial charge on any atom is 0.350 e. The Morgan fingerprint density at radius 2 is 1.74 bits per heavy atom. The Bertz CT molecular complexity index is 1410. The molecule has 180 valence electrons. The summed E-state index contributed by atoms with van der Waals surface area (Å²) in [6, 6.07) is 15.6. The van der Waals surface area contributed by atoms with Crippen LogP contribution in [0.4, 0.5) is 11.5 Å². The van der Waals surface area contributed by atoms with Crippen molar-refractivity contribution in [2.45, 2.75) is 20.0 Å². The third-order valence-electron chi connectivity index (χ3n) is 6.21. The van der Waals surface area contributed by atoms with E-state index in [-0.39, 0.29) is 18.1 Å². The average Bonchev–Trinajstić information content (AvgIpc) is 3.19. The number of piperazine rings is 1. The minimum atomic E-state index is -0.371. The Hall–Kier alpha value is -3.85. The van der Waals surface area contributed by atoms with E-state index < -0.39 is 0 Å². The monoisotopic (exact) mass is 491 g/mol. The molecule has 0 unspecified atom stereocenters. The number of hydrogen-bond acceptors (Lipinski definition) is 6. The molecule has 0 saturated carbocycles. The van der Waals surface area contributed by atoms with Gasteiger partial charge in [-0.3, -0.25) is 4.79 Å². The van der Waals surface area contributed by atoms with Crippen LogP contribution in [-0.4, -0.2) is 51.3 Å². The molecule has 0 atom stereocenters. The van der Waals surface area contributed by atoms with Crippen LogP contribution in [0, 0.1) is 6.92 Å². The predicted octanol–water partition coefficient (Wildman–Crippen LogP) is 2.50. The van der Waals surface area contributed by atoms with Crippen molar-refractivity contribution in [2.75, 3.05) is 36.0 Å². The van der Waals surface area contributed by atoms with E-state index in [1.807, 2.05) is 18.2 Å². The summed E-state index contributed by atoms with van der Waals surface area (Å²) in [7, 11) is 0. The molecule has 0 radical (unpaired) electrons. The van der Waals surface area contributed by atoms with Crippen molar-refractivity contribution in [3.05, 3.63) is 87.6 Å². The summed E-state index contributed by atoms with van der Waals surface area (Å²) in [5.74, 6) is 0.348. The van der Waals surface area contributed by atoms with Crippen molar-refractivity contribution in [3.63, 3.8) is 0 Å². The highest BCUT2D eigenvalue weighted by Gasteiger charge is 2.23. The number of halogens is 1.